The molecule has 2 aliphatic rings. The number of amides is 1. The van der Waals surface area contributed by atoms with Gasteiger partial charge in [0, 0.05) is 25.6 Å². The van der Waals surface area contributed by atoms with Crippen molar-refractivity contribution in [3.8, 4) is 0 Å². The highest BCUT2D eigenvalue weighted by molar-refractivity contribution is 5.94. The van der Waals surface area contributed by atoms with Crippen LogP contribution in [-0.2, 0) is 16.1 Å². The number of rotatable bonds is 6. The average molecular weight is 392 g/mol. The summed E-state index contributed by atoms with van der Waals surface area (Å²) in [5.41, 5.74) is 2.11. The van der Waals surface area contributed by atoms with Crippen LogP contribution in [-0.4, -0.2) is 57.1 Å². The Kier molecular flexibility index (Phi) is 4.77. The molecule has 0 aliphatic carbocycles. The van der Waals surface area contributed by atoms with Gasteiger partial charge in [-0.1, -0.05) is 12.1 Å². The van der Waals surface area contributed by atoms with Crippen LogP contribution in [0.2, 0.25) is 0 Å². The van der Waals surface area contributed by atoms with E-state index in [1.165, 1.54) is 0 Å². The minimum Gasteiger partial charge on any atom is -0.375 e. The lowest BCUT2D eigenvalue weighted by atomic mass is 9.79. The Morgan fingerprint density at radius 3 is 2.97 bits per heavy atom. The smallest absolute Gasteiger partial charge is 0.272 e. The number of pyridine rings is 2. The molecule has 0 saturated carbocycles. The van der Waals surface area contributed by atoms with Crippen LogP contribution >= 0.6 is 0 Å². The Hall–Kier alpha value is -2.77. The first-order valence-corrected chi connectivity index (χ1v) is 10.1. The third-order valence-corrected chi connectivity index (χ3v) is 6.03. The number of nitrogens with zero attached hydrogens (tertiary/aromatic N) is 4. The summed E-state index contributed by atoms with van der Waals surface area (Å²) in [4.78, 5) is 23.4. The van der Waals surface area contributed by atoms with E-state index in [4.69, 9.17) is 9.47 Å². The van der Waals surface area contributed by atoms with E-state index in [9.17, 15) is 4.79 Å². The van der Waals surface area contributed by atoms with E-state index < -0.39 is 0 Å². The van der Waals surface area contributed by atoms with Crippen LogP contribution in [0.25, 0.3) is 5.65 Å². The third kappa shape index (κ3) is 3.41. The Morgan fingerprint density at radius 1 is 1.21 bits per heavy atom. The van der Waals surface area contributed by atoms with Crippen molar-refractivity contribution in [2.45, 2.75) is 25.0 Å². The third-order valence-electron chi connectivity index (χ3n) is 6.03. The zero-order valence-corrected chi connectivity index (χ0v) is 16.2. The van der Waals surface area contributed by atoms with Crippen LogP contribution in [0.5, 0.6) is 0 Å². The maximum absolute atomic E-state index is 12.9. The van der Waals surface area contributed by atoms with Crippen molar-refractivity contribution in [1.82, 2.24) is 19.3 Å². The van der Waals surface area contributed by atoms with Gasteiger partial charge in [0.2, 0.25) is 0 Å². The standard InChI is InChI=1S/C22H24N4O3/c27-21(19-13-24-20-6-2-4-10-26(19)20)25-15-22(16-25)17(8-12-29-22)7-11-28-14-18-5-1-3-9-23-18/h1-6,9-10,13,17H,7-8,11-12,14-16H2. The first-order valence-electron chi connectivity index (χ1n) is 10.1. The molecule has 0 aromatic carbocycles. The lowest BCUT2D eigenvalue weighted by Gasteiger charge is -2.50. The molecule has 2 saturated heterocycles. The molecule has 5 heterocycles. The van der Waals surface area contributed by atoms with Crippen molar-refractivity contribution in [3.63, 3.8) is 0 Å². The van der Waals surface area contributed by atoms with Crippen LogP contribution in [0.4, 0.5) is 0 Å². The maximum Gasteiger partial charge on any atom is 0.272 e. The van der Waals surface area contributed by atoms with Crippen molar-refractivity contribution in [3.05, 3.63) is 66.4 Å². The molecule has 2 fully saturated rings. The van der Waals surface area contributed by atoms with Crippen LogP contribution in [0.3, 0.4) is 0 Å². The zero-order chi connectivity index (χ0) is 19.7. The van der Waals surface area contributed by atoms with E-state index in [0.717, 1.165) is 30.8 Å². The Labute approximate surface area is 169 Å². The summed E-state index contributed by atoms with van der Waals surface area (Å²) < 4.78 is 13.8. The minimum absolute atomic E-state index is 0.00924. The minimum atomic E-state index is -0.218. The predicted molar refractivity (Wildman–Crippen MR) is 106 cm³/mol. The van der Waals surface area contributed by atoms with Gasteiger partial charge in [0.05, 0.1) is 31.6 Å². The van der Waals surface area contributed by atoms with Crippen molar-refractivity contribution < 1.29 is 14.3 Å². The molecule has 1 unspecified atom stereocenters. The van der Waals surface area contributed by atoms with Crippen LogP contribution in [0.1, 0.15) is 29.0 Å². The van der Waals surface area contributed by atoms with Crippen LogP contribution < -0.4 is 0 Å². The van der Waals surface area contributed by atoms with Crippen molar-refractivity contribution in [2.75, 3.05) is 26.3 Å². The molecule has 7 nitrogen and oxygen atoms in total. The molecule has 5 rings (SSSR count). The second-order valence-electron chi connectivity index (χ2n) is 7.79. The Balaban J connectivity index is 1.16. The van der Waals surface area contributed by atoms with Crippen molar-refractivity contribution in [1.29, 1.82) is 0 Å². The number of imidazole rings is 1. The highest BCUT2D eigenvalue weighted by Crippen LogP contribution is 2.42. The fourth-order valence-electron chi connectivity index (χ4n) is 4.42. The molecular formula is C22H24N4O3. The number of hydrogen-bond acceptors (Lipinski definition) is 5. The zero-order valence-electron chi connectivity index (χ0n) is 16.2. The molecular weight excluding hydrogens is 368 g/mol. The topological polar surface area (TPSA) is 69.0 Å². The lowest BCUT2D eigenvalue weighted by Crippen LogP contribution is -2.66. The number of ether oxygens (including phenoxy) is 2. The van der Waals surface area contributed by atoms with E-state index >= 15 is 0 Å². The quantitative estimate of drug-likeness (QED) is 0.603. The lowest BCUT2D eigenvalue weighted by molar-refractivity contribution is -0.120. The monoisotopic (exact) mass is 392 g/mol. The maximum atomic E-state index is 12.9. The Morgan fingerprint density at radius 2 is 2.10 bits per heavy atom. The van der Waals surface area contributed by atoms with Crippen LogP contribution in [0, 0.1) is 5.92 Å². The molecule has 2 aliphatic heterocycles. The van der Waals surface area contributed by atoms with Gasteiger partial charge in [-0.15, -0.1) is 0 Å². The summed E-state index contributed by atoms with van der Waals surface area (Å²) in [6.07, 6.45) is 7.26. The van der Waals surface area contributed by atoms with Crippen LogP contribution in [0.15, 0.2) is 55.0 Å². The normalized spacial score (nSPS) is 20.3. The summed E-state index contributed by atoms with van der Waals surface area (Å²) in [5, 5.41) is 0. The van der Waals surface area contributed by atoms with Gasteiger partial charge in [0.15, 0.2) is 0 Å². The first kappa shape index (κ1) is 18.3. The van der Waals surface area contributed by atoms with E-state index in [-0.39, 0.29) is 11.5 Å². The van der Waals surface area contributed by atoms with E-state index in [0.29, 0.717) is 37.9 Å². The number of fused-ring (bicyclic) bond motifs is 1. The first-order chi connectivity index (χ1) is 14.3. The van der Waals surface area contributed by atoms with Crippen molar-refractivity contribution >= 4 is 11.6 Å². The highest BCUT2D eigenvalue weighted by atomic mass is 16.5. The molecule has 1 atom stereocenters. The summed E-state index contributed by atoms with van der Waals surface area (Å²) in [6, 6.07) is 11.6. The number of likely N-dealkylation sites (tertiary alicyclic amines) is 1. The van der Waals surface area contributed by atoms with E-state index in [1.54, 1.807) is 12.4 Å². The molecule has 1 amide bonds. The molecule has 0 N–H and O–H groups in total. The van der Waals surface area contributed by atoms with Gasteiger partial charge in [-0.2, -0.15) is 0 Å². The second kappa shape index (κ2) is 7.57. The van der Waals surface area contributed by atoms with Gasteiger partial charge in [-0.3, -0.25) is 14.2 Å². The summed E-state index contributed by atoms with van der Waals surface area (Å²) in [6.45, 7) is 3.23. The SMILES string of the molecule is O=C(c1cnc2ccccn12)N1CC2(C1)OCCC2CCOCc1ccccn1. The van der Waals surface area contributed by atoms with Gasteiger partial charge in [0.1, 0.15) is 16.9 Å². The fraction of sp³-hybridized carbons (Fsp3) is 0.409. The van der Waals surface area contributed by atoms with E-state index in [1.807, 2.05) is 51.9 Å². The summed E-state index contributed by atoms with van der Waals surface area (Å²) in [5.74, 6) is 0.424. The highest BCUT2D eigenvalue weighted by Gasteiger charge is 2.54. The predicted octanol–water partition coefficient (Wildman–Crippen LogP) is 2.57. The van der Waals surface area contributed by atoms with Gasteiger partial charge in [-0.25, -0.2) is 4.98 Å². The molecule has 0 bridgehead atoms. The molecule has 1 spiro atoms. The van der Waals surface area contributed by atoms with Crippen molar-refractivity contribution in [2.24, 2.45) is 5.92 Å². The average Bonchev–Trinajstić information content (AvgIpc) is 3.35. The molecule has 150 valence electrons. The second-order valence-corrected chi connectivity index (χ2v) is 7.79. The van der Waals surface area contributed by atoms with Gasteiger partial charge < -0.3 is 14.4 Å². The van der Waals surface area contributed by atoms with Gasteiger partial charge in [-0.05, 0) is 43.0 Å². The molecule has 3 aromatic heterocycles. The largest absolute Gasteiger partial charge is 0.375 e. The molecule has 3 aromatic rings. The molecule has 7 heteroatoms. The fourth-order valence-corrected chi connectivity index (χ4v) is 4.42. The number of hydrogen-bond donors (Lipinski definition) is 0. The molecule has 0 radical (unpaired) electrons. The summed E-state index contributed by atoms with van der Waals surface area (Å²) in [7, 11) is 0. The Bertz CT molecular complexity index is 997. The molecule has 29 heavy (non-hydrogen) atoms. The number of carbonyl (C=O) groups is 1. The number of carbonyl (C=O) groups excluding carboxylic acids is 1. The van der Waals surface area contributed by atoms with Gasteiger partial charge >= 0.3 is 0 Å². The number of aromatic nitrogens is 3. The van der Waals surface area contributed by atoms with E-state index in [2.05, 4.69) is 9.97 Å². The van der Waals surface area contributed by atoms with Gasteiger partial charge in [0.25, 0.3) is 5.91 Å². The summed E-state index contributed by atoms with van der Waals surface area (Å²) >= 11 is 0.